The van der Waals surface area contributed by atoms with Gasteiger partial charge in [0.15, 0.2) is 0 Å². The third kappa shape index (κ3) is 5.38. The Morgan fingerprint density at radius 2 is 1.70 bits per heavy atom. The number of ether oxygens (including phenoxy) is 2. The second-order valence-corrected chi connectivity index (χ2v) is 7.65. The fraction of sp³-hybridized carbons (Fsp3) is 0.192. The molecule has 3 aromatic carbocycles. The molecule has 0 saturated heterocycles. The van der Waals surface area contributed by atoms with Gasteiger partial charge < -0.3 is 14.4 Å². The molecule has 0 fully saturated rings. The molecular formula is C26H25N3O4. The topological polar surface area (TPSA) is 73.7 Å². The van der Waals surface area contributed by atoms with Crippen LogP contribution in [0.15, 0.2) is 83.7 Å². The summed E-state index contributed by atoms with van der Waals surface area (Å²) in [5, 5.41) is 6.39. The van der Waals surface area contributed by atoms with Gasteiger partial charge in [-0.2, -0.15) is 5.10 Å². The van der Waals surface area contributed by atoms with Crippen LogP contribution in [0.5, 0.6) is 11.5 Å². The van der Waals surface area contributed by atoms with Crippen LogP contribution in [0.2, 0.25) is 0 Å². The molecular weight excluding hydrogens is 418 g/mol. The van der Waals surface area contributed by atoms with Crippen molar-refractivity contribution >= 4 is 16.7 Å². The van der Waals surface area contributed by atoms with Crippen molar-refractivity contribution in [3.63, 3.8) is 0 Å². The summed E-state index contributed by atoms with van der Waals surface area (Å²) in [5.41, 5.74) is 0.922. The Hall–Kier alpha value is -4.13. The second kappa shape index (κ2) is 9.99. The van der Waals surface area contributed by atoms with Crippen molar-refractivity contribution in [3.05, 3.63) is 100 Å². The summed E-state index contributed by atoms with van der Waals surface area (Å²) in [5.74, 6) is 1.26. The molecule has 0 aliphatic carbocycles. The van der Waals surface area contributed by atoms with Crippen LogP contribution in [-0.2, 0) is 13.1 Å². The first-order chi connectivity index (χ1) is 16.0. The van der Waals surface area contributed by atoms with Gasteiger partial charge in [-0.25, -0.2) is 4.68 Å². The zero-order valence-electron chi connectivity index (χ0n) is 18.6. The van der Waals surface area contributed by atoms with Crippen LogP contribution >= 0.6 is 0 Å². The lowest BCUT2D eigenvalue weighted by atomic mass is 10.1. The second-order valence-electron chi connectivity index (χ2n) is 7.65. The number of hydrogen-bond acceptors (Lipinski definition) is 5. The lowest BCUT2D eigenvalue weighted by Crippen LogP contribution is -2.31. The molecule has 33 heavy (non-hydrogen) atoms. The van der Waals surface area contributed by atoms with Crippen molar-refractivity contribution in [3.8, 4) is 11.5 Å². The normalized spacial score (nSPS) is 10.7. The smallest absolute Gasteiger partial charge is 0.274 e. The van der Waals surface area contributed by atoms with Gasteiger partial charge >= 0.3 is 0 Å². The zero-order chi connectivity index (χ0) is 23.2. The number of benzene rings is 3. The van der Waals surface area contributed by atoms with Crippen LogP contribution < -0.4 is 15.0 Å². The molecule has 0 unspecified atom stereocenters. The highest BCUT2D eigenvalue weighted by atomic mass is 16.5. The van der Waals surface area contributed by atoms with Gasteiger partial charge in [-0.05, 0) is 52.7 Å². The monoisotopic (exact) mass is 443 g/mol. The van der Waals surface area contributed by atoms with Crippen molar-refractivity contribution in [2.45, 2.75) is 13.1 Å². The van der Waals surface area contributed by atoms with Gasteiger partial charge in [-0.15, -0.1) is 0 Å². The minimum atomic E-state index is -0.282. The van der Waals surface area contributed by atoms with Crippen molar-refractivity contribution < 1.29 is 14.3 Å². The molecule has 0 atom stereocenters. The van der Waals surface area contributed by atoms with E-state index in [9.17, 15) is 9.59 Å². The average Bonchev–Trinajstić information content (AvgIpc) is 2.85. The molecule has 0 saturated carbocycles. The van der Waals surface area contributed by atoms with Gasteiger partial charge in [-0.1, -0.05) is 36.4 Å². The molecule has 0 aliphatic heterocycles. The predicted molar refractivity (Wildman–Crippen MR) is 127 cm³/mol. The molecule has 1 aromatic heterocycles. The highest BCUT2D eigenvalue weighted by molar-refractivity contribution is 5.92. The number of para-hydroxylation sites is 1. The lowest BCUT2D eigenvalue weighted by molar-refractivity contribution is 0.0776. The number of hydrogen-bond donors (Lipinski definition) is 0. The van der Waals surface area contributed by atoms with Crippen molar-refractivity contribution in [2.75, 3.05) is 20.8 Å². The first-order valence-electron chi connectivity index (χ1n) is 10.6. The van der Waals surface area contributed by atoms with E-state index in [1.807, 2.05) is 66.7 Å². The number of fused-ring (bicyclic) bond motifs is 1. The molecule has 4 rings (SSSR count). The Balaban J connectivity index is 1.43. The molecule has 0 aliphatic rings. The summed E-state index contributed by atoms with van der Waals surface area (Å²) < 4.78 is 12.2. The maximum absolute atomic E-state index is 13.0. The molecule has 168 valence electrons. The zero-order valence-corrected chi connectivity index (χ0v) is 18.6. The fourth-order valence-electron chi connectivity index (χ4n) is 3.53. The standard InChI is InChI=1S/C26H25N3O4/c1-28(18-19-8-9-21-17-23(32-2)11-10-20(21)16-19)26(31)24-12-13-25(30)29(27-24)14-15-33-22-6-4-3-5-7-22/h3-13,16-17H,14-15,18H2,1-2H3. The first kappa shape index (κ1) is 22.1. The van der Waals surface area contributed by atoms with Crippen LogP contribution in [0.1, 0.15) is 16.1 Å². The van der Waals surface area contributed by atoms with Crippen LogP contribution in [0, 0.1) is 0 Å². The summed E-state index contributed by atoms with van der Waals surface area (Å²) in [6, 6.07) is 24.1. The van der Waals surface area contributed by atoms with Crippen LogP contribution in [-0.4, -0.2) is 41.4 Å². The number of carbonyl (C=O) groups is 1. The van der Waals surface area contributed by atoms with Gasteiger partial charge in [0.2, 0.25) is 0 Å². The van der Waals surface area contributed by atoms with Gasteiger partial charge in [0.25, 0.3) is 11.5 Å². The highest BCUT2D eigenvalue weighted by Crippen LogP contribution is 2.22. The first-order valence-corrected chi connectivity index (χ1v) is 10.6. The minimum absolute atomic E-state index is 0.210. The van der Waals surface area contributed by atoms with E-state index in [0.29, 0.717) is 12.3 Å². The maximum atomic E-state index is 13.0. The number of carbonyl (C=O) groups excluding carboxylic acids is 1. The molecule has 1 heterocycles. The van der Waals surface area contributed by atoms with E-state index in [2.05, 4.69) is 5.10 Å². The van der Waals surface area contributed by atoms with Gasteiger partial charge in [0.05, 0.1) is 13.7 Å². The van der Waals surface area contributed by atoms with E-state index in [-0.39, 0.29) is 30.3 Å². The number of nitrogens with zero attached hydrogens (tertiary/aromatic N) is 3. The minimum Gasteiger partial charge on any atom is -0.497 e. The number of amides is 1. The molecule has 4 aromatic rings. The number of aromatic nitrogens is 2. The quantitative estimate of drug-likeness (QED) is 0.415. The van der Waals surface area contributed by atoms with Gasteiger partial charge in [0.1, 0.15) is 23.8 Å². The maximum Gasteiger partial charge on any atom is 0.274 e. The third-order valence-corrected chi connectivity index (χ3v) is 5.28. The largest absolute Gasteiger partial charge is 0.497 e. The molecule has 0 bridgehead atoms. The summed E-state index contributed by atoms with van der Waals surface area (Å²) in [7, 11) is 3.36. The third-order valence-electron chi connectivity index (χ3n) is 5.28. The fourth-order valence-corrected chi connectivity index (χ4v) is 3.53. The average molecular weight is 444 g/mol. The Morgan fingerprint density at radius 3 is 2.48 bits per heavy atom. The molecule has 1 amide bonds. The Labute approximate surface area is 191 Å². The van der Waals surface area contributed by atoms with Crippen molar-refractivity contribution in [1.29, 1.82) is 0 Å². The number of methoxy groups -OCH3 is 1. The SMILES string of the molecule is COc1ccc2cc(CN(C)C(=O)c3ccc(=O)n(CCOc4ccccc4)n3)ccc2c1. The summed E-state index contributed by atoms with van der Waals surface area (Å²) in [6.45, 7) is 0.928. The highest BCUT2D eigenvalue weighted by Gasteiger charge is 2.15. The summed E-state index contributed by atoms with van der Waals surface area (Å²) in [4.78, 5) is 26.7. The van der Waals surface area contributed by atoms with Crippen molar-refractivity contribution in [1.82, 2.24) is 14.7 Å². The number of rotatable bonds is 8. The van der Waals surface area contributed by atoms with Crippen LogP contribution in [0.4, 0.5) is 0 Å². The summed E-state index contributed by atoms with van der Waals surface area (Å²) >= 11 is 0. The van der Waals surface area contributed by atoms with E-state index in [4.69, 9.17) is 9.47 Å². The van der Waals surface area contributed by atoms with E-state index in [1.54, 1.807) is 19.1 Å². The molecule has 0 radical (unpaired) electrons. The van der Waals surface area contributed by atoms with Crippen molar-refractivity contribution in [2.24, 2.45) is 0 Å². The lowest BCUT2D eigenvalue weighted by Gasteiger charge is -2.18. The van der Waals surface area contributed by atoms with Gasteiger partial charge in [-0.3, -0.25) is 9.59 Å². The van der Waals surface area contributed by atoms with E-state index in [0.717, 1.165) is 22.1 Å². The molecule has 7 nitrogen and oxygen atoms in total. The van der Waals surface area contributed by atoms with Crippen LogP contribution in [0.25, 0.3) is 10.8 Å². The van der Waals surface area contributed by atoms with Gasteiger partial charge in [0, 0.05) is 19.7 Å². The predicted octanol–water partition coefficient (Wildman–Crippen LogP) is 3.76. The van der Waals surface area contributed by atoms with E-state index in [1.165, 1.54) is 16.8 Å². The Morgan fingerprint density at radius 1 is 0.939 bits per heavy atom. The van der Waals surface area contributed by atoms with E-state index >= 15 is 0 Å². The molecule has 7 heteroatoms. The van der Waals surface area contributed by atoms with Crippen LogP contribution in [0.3, 0.4) is 0 Å². The molecule has 0 N–H and O–H groups in total. The van der Waals surface area contributed by atoms with E-state index < -0.39 is 0 Å². The molecule has 0 spiro atoms. The Kier molecular flexibility index (Phi) is 6.69. The summed E-state index contributed by atoms with van der Waals surface area (Å²) in [6.07, 6.45) is 0. The Bertz CT molecular complexity index is 1320.